The van der Waals surface area contributed by atoms with Crippen molar-refractivity contribution in [1.82, 2.24) is 4.98 Å². The minimum Gasteiger partial charge on any atom is -0.312 e. The first kappa shape index (κ1) is 19.1. The quantitative estimate of drug-likeness (QED) is 0.570. The van der Waals surface area contributed by atoms with Gasteiger partial charge < -0.3 is 4.90 Å². The van der Waals surface area contributed by atoms with Gasteiger partial charge in [-0.25, -0.2) is 0 Å². The zero-order valence-corrected chi connectivity index (χ0v) is 16.6. The number of hydrogen-bond donors (Lipinski definition) is 0. The van der Waals surface area contributed by atoms with Gasteiger partial charge in [0.2, 0.25) is 5.91 Å². The highest BCUT2D eigenvalue weighted by molar-refractivity contribution is 5.98. The number of pyridine rings is 1. The molecule has 1 aliphatic heterocycles. The number of benzene rings is 2. The predicted molar refractivity (Wildman–Crippen MR) is 115 cm³/mol. The maximum Gasteiger partial charge on any atom is 0.226 e. The highest BCUT2D eigenvalue weighted by Crippen LogP contribution is 2.33. The summed E-state index contributed by atoms with van der Waals surface area (Å²) < 4.78 is 0. The van der Waals surface area contributed by atoms with Crippen molar-refractivity contribution >= 4 is 17.4 Å². The number of carbonyl (C=O) groups is 2. The van der Waals surface area contributed by atoms with E-state index >= 15 is 0 Å². The van der Waals surface area contributed by atoms with E-state index in [-0.39, 0.29) is 11.7 Å². The second-order valence-corrected chi connectivity index (χ2v) is 7.36. The smallest absolute Gasteiger partial charge is 0.226 e. The van der Waals surface area contributed by atoms with E-state index in [0.29, 0.717) is 19.3 Å². The van der Waals surface area contributed by atoms with Crippen LogP contribution >= 0.6 is 0 Å². The fourth-order valence-electron chi connectivity index (χ4n) is 3.85. The van der Waals surface area contributed by atoms with Gasteiger partial charge in [-0.3, -0.25) is 14.6 Å². The van der Waals surface area contributed by atoms with Gasteiger partial charge in [0.15, 0.2) is 5.78 Å². The number of aromatic nitrogens is 1. The number of fused-ring (bicyclic) bond motifs is 1. The molecule has 29 heavy (non-hydrogen) atoms. The van der Waals surface area contributed by atoms with Gasteiger partial charge in [-0.1, -0.05) is 37.3 Å². The Bertz CT molecular complexity index is 1040. The Balaban J connectivity index is 1.52. The van der Waals surface area contributed by atoms with Gasteiger partial charge in [0, 0.05) is 43.0 Å². The number of Topliss-reactive ketones (excluding diaryl/α,β-unsaturated/α-hetero) is 1. The molecular formula is C25H24N2O2. The van der Waals surface area contributed by atoms with Gasteiger partial charge in [-0.2, -0.15) is 0 Å². The van der Waals surface area contributed by atoms with E-state index in [1.807, 2.05) is 60.4 Å². The summed E-state index contributed by atoms with van der Waals surface area (Å²) in [4.78, 5) is 30.8. The molecule has 1 aromatic heterocycles. The Kier molecular flexibility index (Phi) is 5.52. The first-order valence-corrected chi connectivity index (χ1v) is 10.1. The summed E-state index contributed by atoms with van der Waals surface area (Å²) in [6.07, 6.45) is 6.09. The van der Waals surface area contributed by atoms with E-state index in [2.05, 4.69) is 11.1 Å². The summed E-state index contributed by atoms with van der Waals surface area (Å²) in [5.41, 5.74) is 6.12. The lowest BCUT2D eigenvalue weighted by Gasteiger charge is -2.16. The first-order valence-electron chi connectivity index (χ1n) is 10.1. The second kappa shape index (κ2) is 8.39. The van der Waals surface area contributed by atoms with Crippen LogP contribution in [0.15, 0.2) is 67.0 Å². The lowest BCUT2D eigenvalue weighted by atomic mass is 9.97. The largest absolute Gasteiger partial charge is 0.312 e. The molecule has 0 spiro atoms. The molecule has 1 amide bonds. The van der Waals surface area contributed by atoms with E-state index in [1.54, 1.807) is 12.4 Å². The van der Waals surface area contributed by atoms with Crippen molar-refractivity contribution in [1.29, 1.82) is 0 Å². The molecular weight excluding hydrogens is 360 g/mol. The molecule has 0 fully saturated rings. The molecule has 0 bridgehead atoms. The summed E-state index contributed by atoms with van der Waals surface area (Å²) in [6.45, 7) is 2.64. The molecule has 4 heteroatoms. The second-order valence-electron chi connectivity index (χ2n) is 7.36. The zero-order chi connectivity index (χ0) is 20.2. The van der Waals surface area contributed by atoms with E-state index in [0.717, 1.165) is 40.9 Å². The molecule has 0 radical (unpaired) electrons. The Morgan fingerprint density at radius 1 is 1.03 bits per heavy atom. The summed E-state index contributed by atoms with van der Waals surface area (Å²) in [6, 6.07) is 17.9. The number of rotatable bonds is 6. The van der Waals surface area contributed by atoms with E-state index in [1.165, 1.54) is 5.56 Å². The summed E-state index contributed by atoms with van der Waals surface area (Å²) in [5, 5.41) is 0. The normalized spacial score (nSPS) is 12.7. The summed E-state index contributed by atoms with van der Waals surface area (Å²) in [7, 11) is 0. The molecule has 4 rings (SSSR count). The molecule has 146 valence electrons. The molecule has 0 aliphatic carbocycles. The van der Waals surface area contributed by atoms with Crippen molar-refractivity contribution < 1.29 is 9.59 Å². The zero-order valence-electron chi connectivity index (χ0n) is 16.6. The Hall–Kier alpha value is -3.27. The molecule has 0 unspecified atom stereocenters. The summed E-state index contributed by atoms with van der Waals surface area (Å²) in [5.74, 6) is 0.300. The van der Waals surface area contributed by atoms with Gasteiger partial charge in [0.05, 0.1) is 0 Å². The van der Waals surface area contributed by atoms with E-state index in [4.69, 9.17) is 0 Å². The fraction of sp³-hybridized carbons (Fsp3) is 0.240. The highest BCUT2D eigenvalue weighted by Gasteiger charge is 2.23. The Morgan fingerprint density at radius 2 is 1.90 bits per heavy atom. The fourth-order valence-corrected chi connectivity index (χ4v) is 3.85. The average molecular weight is 384 g/mol. The number of carbonyl (C=O) groups excluding carboxylic acids is 2. The van der Waals surface area contributed by atoms with Gasteiger partial charge in [0.25, 0.3) is 0 Å². The van der Waals surface area contributed by atoms with Gasteiger partial charge in [-0.05, 0) is 59.4 Å². The van der Waals surface area contributed by atoms with Crippen LogP contribution in [0.5, 0.6) is 0 Å². The van der Waals surface area contributed by atoms with E-state index in [9.17, 15) is 9.59 Å². The Morgan fingerprint density at radius 3 is 2.69 bits per heavy atom. The van der Waals surface area contributed by atoms with E-state index < -0.39 is 0 Å². The van der Waals surface area contributed by atoms with Crippen molar-refractivity contribution in [3.8, 4) is 11.1 Å². The molecule has 0 saturated carbocycles. The van der Waals surface area contributed by atoms with Crippen molar-refractivity contribution in [2.45, 2.75) is 32.6 Å². The van der Waals surface area contributed by atoms with Crippen molar-refractivity contribution in [3.05, 3.63) is 83.7 Å². The molecule has 0 N–H and O–H groups in total. The third-order valence-electron chi connectivity index (χ3n) is 5.46. The molecule has 3 aromatic rings. The number of nitrogens with zero attached hydrogens (tertiary/aromatic N) is 2. The van der Waals surface area contributed by atoms with Crippen LogP contribution < -0.4 is 4.90 Å². The number of anilines is 1. The number of hydrogen-bond acceptors (Lipinski definition) is 3. The number of ketones is 1. The minimum absolute atomic E-state index is 0.136. The third-order valence-corrected chi connectivity index (χ3v) is 5.46. The van der Waals surface area contributed by atoms with Crippen LogP contribution in [-0.4, -0.2) is 23.2 Å². The average Bonchev–Trinajstić information content (AvgIpc) is 3.21. The Labute approximate surface area is 171 Å². The van der Waals surface area contributed by atoms with Gasteiger partial charge in [-0.15, -0.1) is 0 Å². The lowest BCUT2D eigenvalue weighted by Crippen LogP contribution is -2.27. The molecule has 0 atom stereocenters. The maximum atomic E-state index is 12.7. The van der Waals surface area contributed by atoms with Crippen LogP contribution in [0.4, 0.5) is 5.69 Å². The monoisotopic (exact) mass is 384 g/mol. The van der Waals surface area contributed by atoms with Crippen LogP contribution in [0.1, 0.15) is 41.3 Å². The van der Waals surface area contributed by atoms with Gasteiger partial charge >= 0.3 is 0 Å². The standard InChI is InChI=1S/C25H24N2O2/c1-2-25(29)27-14-12-21-15-20(9-10-23(21)27)19-6-3-7-22(16-19)24(28)11-8-18-5-4-13-26-17-18/h3-7,9-10,13,15-17H,2,8,11-12,14H2,1H3. The van der Waals surface area contributed by atoms with Crippen molar-refractivity contribution in [2.75, 3.05) is 11.4 Å². The van der Waals surface area contributed by atoms with Crippen molar-refractivity contribution in [3.63, 3.8) is 0 Å². The van der Waals surface area contributed by atoms with Crippen LogP contribution in [0.2, 0.25) is 0 Å². The van der Waals surface area contributed by atoms with Crippen molar-refractivity contribution in [2.24, 2.45) is 0 Å². The van der Waals surface area contributed by atoms with Crippen LogP contribution in [-0.2, 0) is 17.6 Å². The minimum atomic E-state index is 0.136. The van der Waals surface area contributed by atoms with Gasteiger partial charge in [0.1, 0.15) is 0 Å². The molecule has 0 saturated heterocycles. The van der Waals surface area contributed by atoms with Crippen LogP contribution in [0.25, 0.3) is 11.1 Å². The van der Waals surface area contributed by atoms with Crippen LogP contribution in [0, 0.1) is 0 Å². The summed E-state index contributed by atoms with van der Waals surface area (Å²) >= 11 is 0. The SMILES string of the molecule is CCC(=O)N1CCc2cc(-c3cccc(C(=O)CCc4cccnc4)c3)ccc21. The molecule has 2 aromatic carbocycles. The lowest BCUT2D eigenvalue weighted by molar-refractivity contribution is -0.118. The molecule has 4 nitrogen and oxygen atoms in total. The highest BCUT2D eigenvalue weighted by atomic mass is 16.2. The number of aryl methyl sites for hydroxylation is 1. The first-order chi connectivity index (χ1) is 14.2. The molecule has 2 heterocycles. The third kappa shape index (κ3) is 4.11. The van der Waals surface area contributed by atoms with Crippen LogP contribution in [0.3, 0.4) is 0 Å². The predicted octanol–water partition coefficient (Wildman–Crippen LogP) is 4.86. The number of amides is 1. The molecule has 1 aliphatic rings. The topological polar surface area (TPSA) is 50.3 Å². The maximum absolute atomic E-state index is 12.7.